The molecule has 0 aromatic heterocycles. The van der Waals surface area contributed by atoms with Gasteiger partial charge in [0.05, 0.1) is 31.2 Å². The van der Waals surface area contributed by atoms with Gasteiger partial charge in [0.1, 0.15) is 4.90 Å². The zero-order chi connectivity index (χ0) is 12.5. The van der Waals surface area contributed by atoms with Crippen LogP contribution < -0.4 is 5.32 Å². The second-order valence-corrected chi connectivity index (χ2v) is 6.59. The SMILES string of the molecule is O=S(=O)(c1cc(Cl)ccc1Cl)N1CC[NH2+]CC1. The molecule has 1 aliphatic heterocycles. The normalized spacial score (nSPS) is 18.2. The number of piperazine rings is 1. The molecule has 7 heteroatoms. The molecule has 0 bridgehead atoms. The largest absolute Gasteiger partial charge is 0.344 e. The molecule has 2 rings (SSSR count). The van der Waals surface area contributed by atoms with Gasteiger partial charge in [0, 0.05) is 5.02 Å². The zero-order valence-corrected chi connectivity index (χ0v) is 11.4. The number of hydrogen-bond donors (Lipinski definition) is 1. The van der Waals surface area contributed by atoms with Crippen molar-refractivity contribution < 1.29 is 13.7 Å². The second-order valence-electron chi connectivity index (χ2n) is 3.84. The molecule has 0 atom stereocenters. The fraction of sp³-hybridized carbons (Fsp3) is 0.400. The molecule has 4 nitrogen and oxygen atoms in total. The summed E-state index contributed by atoms with van der Waals surface area (Å²) in [5, 5.41) is 2.67. The third-order valence-corrected chi connectivity index (χ3v) is 5.29. The fourth-order valence-corrected chi connectivity index (χ4v) is 3.99. The van der Waals surface area contributed by atoms with Crippen molar-refractivity contribution in [3.05, 3.63) is 28.2 Å². The van der Waals surface area contributed by atoms with Crippen LogP contribution in [0.2, 0.25) is 10.0 Å². The van der Waals surface area contributed by atoms with Crippen molar-refractivity contribution in [1.82, 2.24) is 4.31 Å². The van der Waals surface area contributed by atoms with Crippen LogP contribution in [-0.2, 0) is 10.0 Å². The van der Waals surface area contributed by atoms with E-state index in [1.165, 1.54) is 16.4 Å². The van der Waals surface area contributed by atoms with Crippen LogP contribution in [0.25, 0.3) is 0 Å². The van der Waals surface area contributed by atoms with Gasteiger partial charge in [0.25, 0.3) is 0 Å². The summed E-state index contributed by atoms with van der Waals surface area (Å²) in [6.45, 7) is 2.56. The van der Waals surface area contributed by atoms with E-state index in [0.29, 0.717) is 18.1 Å². The Morgan fingerprint density at radius 3 is 2.47 bits per heavy atom. The van der Waals surface area contributed by atoms with Gasteiger partial charge >= 0.3 is 0 Å². The third-order valence-electron chi connectivity index (χ3n) is 2.68. The molecule has 0 amide bonds. The first-order chi connectivity index (χ1) is 8.01. The topological polar surface area (TPSA) is 54.0 Å². The summed E-state index contributed by atoms with van der Waals surface area (Å²) < 4.78 is 26.1. The van der Waals surface area contributed by atoms with Gasteiger partial charge in [-0.2, -0.15) is 4.31 Å². The van der Waals surface area contributed by atoms with Crippen LogP contribution >= 0.6 is 23.2 Å². The van der Waals surface area contributed by atoms with E-state index in [2.05, 4.69) is 5.32 Å². The minimum Gasteiger partial charge on any atom is -0.344 e. The van der Waals surface area contributed by atoms with Crippen molar-refractivity contribution in [3.63, 3.8) is 0 Å². The van der Waals surface area contributed by atoms with E-state index in [1.54, 1.807) is 6.07 Å². The quantitative estimate of drug-likeness (QED) is 0.867. The Hall–Kier alpha value is -0.330. The number of benzene rings is 1. The van der Waals surface area contributed by atoms with E-state index in [4.69, 9.17) is 23.2 Å². The van der Waals surface area contributed by atoms with Gasteiger partial charge in [-0.3, -0.25) is 0 Å². The molecule has 17 heavy (non-hydrogen) atoms. The number of halogens is 2. The summed E-state index contributed by atoms with van der Waals surface area (Å²) in [5.74, 6) is 0. The van der Waals surface area contributed by atoms with Gasteiger partial charge < -0.3 is 5.32 Å². The summed E-state index contributed by atoms with van der Waals surface area (Å²) in [6.07, 6.45) is 0. The molecular weight excluding hydrogens is 283 g/mol. The summed E-state index contributed by atoms with van der Waals surface area (Å²) in [6, 6.07) is 4.48. The lowest BCUT2D eigenvalue weighted by molar-refractivity contribution is -0.661. The van der Waals surface area contributed by atoms with Gasteiger partial charge in [0.2, 0.25) is 10.0 Å². The maximum Gasteiger partial charge on any atom is 0.245 e. The predicted molar refractivity (Wildman–Crippen MR) is 66.9 cm³/mol. The van der Waals surface area contributed by atoms with Crippen molar-refractivity contribution >= 4 is 33.2 Å². The molecule has 1 saturated heterocycles. The highest BCUT2D eigenvalue weighted by molar-refractivity contribution is 7.89. The van der Waals surface area contributed by atoms with Crippen LogP contribution in [0.4, 0.5) is 0 Å². The number of nitrogens with zero attached hydrogens (tertiary/aromatic N) is 1. The third kappa shape index (κ3) is 2.74. The van der Waals surface area contributed by atoms with Gasteiger partial charge in [-0.1, -0.05) is 23.2 Å². The number of sulfonamides is 1. The molecule has 0 aliphatic carbocycles. The second kappa shape index (κ2) is 5.12. The predicted octanol–water partition coefficient (Wildman–Crippen LogP) is 0.561. The van der Waals surface area contributed by atoms with E-state index in [-0.39, 0.29) is 9.92 Å². The highest BCUT2D eigenvalue weighted by Gasteiger charge is 2.29. The van der Waals surface area contributed by atoms with Crippen molar-refractivity contribution in [3.8, 4) is 0 Å². The molecule has 0 unspecified atom stereocenters. The molecule has 1 aromatic carbocycles. The van der Waals surface area contributed by atoms with Crippen LogP contribution in [0.1, 0.15) is 0 Å². The van der Waals surface area contributed by atoms with Gasteiger partial charge in [0.15, 0.2) is 0 Å². The number of quaternary nitrogens is 1. The Balaban J connectivity index is 2.40. The lowest BCUT2D eigenvalue weighted by atomic mass is 10.4. The van der Waals surface area contributed by atoms with Crippen molar-refractivity contribution in [2.45, 2.75) is 4.90 Å². The van der Waals surface area contributed by atoms with E-state index in [9.17, 15) is 8.42 Å². The van der Waals surface area contributed by atoms with E-state index >= 15 is 0 Å². The molecule has 1 aromatic rings. The average molecular weight is 296 g/mol. The van der Waals surface area contributed by atoms with Gasteiger partial charge in [-0.25, -0.2) is 8.42 Å². The summed E-state index contributed by atoms with van der Waals surface area (Å²) in [5.41, 5.74) is 0. The Morgan fingerprint density at radius 2 is 1.82 bits per heavy atom. The minimum atomic E-state index is -3.52. The average Bonchev–Trinajstić information content (AvgIpc) is 2.33. The Morgan fingerprint density at radius 1 is 1.18 bits per heavy atom. The van der Waals surface area contributed by atoms with E-state index in [0.717, 1.165) is 13.1 Å². The highest BCUT2D eigenvalue weighted by atomic mass is 35.5. The van der Waals surface area contributed by atoms with Crippen LogP contribution in [0.3, 0.4) is 0 Å². The van der Waals surface area contributed by atoms with Crippen molar-refractivity contribution in [2.24, 2.45) is 0 Å². The van der Waals surface area contributed by atoms with Gasteiger partial charge in [-0.05, 0) is 18.2 Å². The standard InChI is InChI=1S/C10H12Cl2N2O2S/c11-8-1-2-9(12)10(7-8)17(15,16)14-5-3-13-4-6-14/h1-2,7,13H,3-6H2/p+1. The van der Waals surface area contributed by atoms with Crippen LogP contribution in [0.5, 0.6) is 0 Å². The maximum atomic E-state index is 12.3. The monoisotopic (exact) mass is 295 g/mol. The molecule has 1 aliphatic rings. The summed E-state index contributed by atoms with van der Waals surface area (Å²) in [7, 11) is -3.52. The van der Waals surface area contributed by atoms with Crippen molar-refractivity contribution in [2.75, 3.05) is 26.2 Å². The molecule has 0 radical (unpaired) electrons. The molecular formula is C10H13Cl2N2O2S+. The Bertz CT molecular complexity index is 513. The summed E-state index contributed by atoms with van der Waals surface area (Å²) in [4.78, 5) is 0.0913. The molecule has 94 valence electrons. The molecule has 2 N–H and O–H groups in total. The smallest absolute Gasteiger partial charge is 0.245 e. The van der Waals surface area contributed by atoms with E-state index in [1.807, 2.05) is 0 Å². The van der Waals surface area contributed by atoms with Gasteiger partial charge in [-0.15, -0.1) is 0 Å². The zero-order valence-electron chi connectivity index (χ0n) is 9.07. The van der Waals surface area contributed by atoms with Crippen LogP contribution in [0, 0.1) is 0 Å². The highest BCUT2D eigenvalue weighted by Crippen LogP contribution is 2.27. The maximum absolute atomic E-state index is 12.3. The Labute approximate surface area is 111 Å². The number of nitrogens with two attached hydrogens (primary N) is 1. The molecule has 1 heterocycles. The minimum absolute atomic E-state index is 0.0913. The lowest BCUT2D eigenvalue weighted by Gasteiger charge is -2.24. The first kappa shape index (κ1) is 13.1. The molecule has 0 spiro atoms. The fourth-order valence-electron chi connectivity index (χ4n) is 1.78. The first-order valence-corrected chi connectivity index (χ1v) is 7.48. The van der Waals surface area contributed by atoms with Crippen LogP contribution in [-0.4, -0.2) is 38.9 Å². The van der Waals surface area contributed by atoms with Crippen molar-refractivity contribution in [1.29, 1.82) is 0 Å². The first-order valence-electron chi connectivity index (χ1n) is 5.28. The molecule has 0 saturated carbocycles. The Kier molecular flexibility index (Phi) is 3.95. The van der Waals surface area contributed by atoms with E-state index < -0.39 is 10.0 Å². The lowest BCUT2D eigenvalue weighted by Crippen LogP contribution is -2.89. The van der Waals surface area contributed by atoms with Crippen LogP contribution in [0.15, 0.2) is 23.1 Å². The summed E-state index contributed by atoms with van der Waals surface area (Å²) >= 11 is 11.7. The number of rotatable bonds is 2. The number of hydrogen-bond acceptors (Lipinski definition) is 2. The molecule has 1 fully saturated rings.